The predicted octanol–water partition coefficient (Wildman–Crippen LogP) is 1.59. The SMILES string of the molecule is CC(=O)Oc1ccc2cc(C#N)c(=O)oc2c1. The molecule has 5 nitrogen and oxygen atoms in total. The van der Waals surface area contributed by atoms with Gasteiger partial charge in [-0.25, -0.2) is 4.79 Å². The summed E-state index contributed by atoms with van der Waals surface area (Å²) < 4.78 is 9.79. The van der Waals surface area contributed by atoms with Crippen LogP contribution in [0.1, 0.15) is 12.5 Å². The molecule has 0 unspecified atom stereocenters. The monoisotopic (exact) mass is 229 g/mol. The van der Waals surface area contributed by atoms with E-state index in [1.165, 1.54) is 19.1 Å². The highest BCUT2D eigenvalue weighted by atomic mass is 16.5. The molecule has 5 heteroatoms. The number of nitrogens with zero attached hydrogens (tertiary/aromatic N) is 1. The Morgan fingerprint density at radius 2 is 2.18 bits per heavy atom. The van der Waals surface area contributed by atoms with Crippen LogP contribution < -0.4 is 10.4 Å². The van der Waals surface area contributed by atoms with Crippen molar-refractivity contribution in [2.75, 3.05) is 0 Å². The van der Waals surface area contributed by atoms with Gasteiger partial charge in [-0.2, -0.15) is 5.26 Å². The molecule has 0 aliphatic rings. The molecule has 0 spiro atoms. The van der Waals surface area contributed by atoms with Crippen molar-refractivity contribution in [2.24, 2.45) is 0 Å². The van der Waals surface area contributed by atoms with Gasteiger partial charge in [0.15, 0.2) is 0 Å². The van der Waals surface area contributed by atoms with Crippen LogP contribution in [0.15, 0.2) is 33.5 Å². The fourth-order valence-corrected chi connectivity index (χ4v) is 1.40. The molecule has 0 fully saturated rings. The summed E-state index contributed by atoms with van der Waals surface area (Å²) in [6.07, 6.45) is 0. The zero-order valence-electron chi connectivity index (χ0n) is 8.89. The van der Waals surface area contributed by atoms with Gasteiger partial charge in [-0.3, -0.25) is 4.79 Å². The molecule has 1 aromatic heterocycles. The van der Waals surface area contributed by atoms with Crippen LogP contribution in [0.25, 0.3) is 11.0 Å². The Labute approximate surface area is 95.8 Å². The van der Waals surface area contributed by atoms with Crippen molar-refractivity contribution in [2.45, 2.75) is 6.92 Å². The lowest BCUT2D eigenvalue weighted by Crippen LogP contribution is -2.04. The van der Waals surface area contributed by atoms with Gasteiger partial charge in [0.25, 0.3) is 0 Å². The first-order valence-corrected chi connectivity index (χ1v) is 4.76. The first kappa shape index (κ1) is 10.9. The number of esters is 1. The molecule has 0 bridgehead atoms. The van der Waals surface area contributed by atoms with Crippen molar-refractivity contribution in [1.82, 2.24) is 0 Å². The number of fused-ring (bicyclic) bond motifs is 1. The second-order valence-electron chi connectivity index (χ2n) is 3.35. The van der Waals surface area contributed by atoms with Crippen molar-refractivity contribution in [3.63, 3.8) is 0 Å². The Hall–Kier alpha value is -2.61. The molecular weight excluding hydrogens is 222 g/mol. The van der Waals surface area contributed by atoms with Crippen molar-refractivity contribution in [3.05, 3.63) is 40.2 Å². The third kappa shape index (κ3) is 2.16. The quantitative estimate of drug-likeness (QED) is 0.421. The molecule has 0 aliphatic heterocycles. The van der Waals surface area contributed by atoms with Gasteiger partial charge in [0, 0.05) is 18.4 Å². The van der Waals surface area contributed by atoms with E-state index in [0.717, 1.165) is 0 Å². The van der Waals surface area contributed by atoms with Crippen molar-refractivity contribution >= 4 is 16.9 Å². The Bertz CT molecular complexity index is 694. The fraction of sp³-hybridized carbons (Fsp3) is 0.0833. The van der Waals surface area contributed by atoms with E-state index in [4.69, 9.17) is 14.4 Å². The van der Waals surface area contributed by atoms with Gasteiger partial charge >= 0.3 is 11.6 Å². The molecule has 0 saturated carbocycles. The van der Waals surface area contributed by atoms with E-state index in [-0.39, 0.29) is 16.9 Å². The second kappa shape index (κ2) is 4.10. The molecule has 84 valence electrons. The fourth-order valence-electron chi connectivity index (χ4n) is 1.40. The number of rotatable bonds is 1. The number of hydrogen-bond acceptors (Lipinski definition) is 5. The van der Waals surface area contributed by atoms with E-state index in [2.05, 4.69) is 0 Å². The van der Waals surface area contributed by atoms with Gasteiger partial charge in [-0.05, 0) is 18.2 Å². The summed E-state index contributed by atoms with van der Waals surface area (Å²) in [6, 6.07) is 7.77. The largest absolute Gasteiger partial charge is 0.427 e. The molecule has 0 aliphatic carbocycles. The highest BCUT2D eigenvalue weighted by Crippen LogP contribution is 2.20. The Balaban J connectivity index is 2.60. The van der Waals surface area contributed by atoms with Crippen LogP contribution in [0, 0.1) is 11.3 Å². The smallest absolute Gasteiger partial charge is 0.354 e. The Morgan fingerprint density at radius 1 is 1.41 bits per heavy atom. The maximum absolute atomic E-state index is 11.3. The summed E-state index contributed by atoms with van der Waals surface area (Å²) in [5.74, 6) is -0.168. The van der Waals surface area contributed by atoms with Gasteiger partial charge < -0.3 is 9.15 Å². The molecule has 2 aromatic rings. The molecule has 0 atom stereocenters. The minimum Gasteiger partial charge on any atom is -0.427 e. The molecule has 0 radical (unpaired) electrons. The zero-order valence-corrected chi connectivity index (χ0v) is 8.89. The average molecular weight is 229 g/mol. The van der Waals surface area contributed by atoms with E-state index in [0.29, 0.717) is 5.39 Å². The Kier molecular flexibility index (Phi) is 2.63. The number of nitriles is 1. The first-order chi connectivity index (χ1) is 8.10. The molecule has 1 heterocycles. The number of carbonyl (C=O) groups excluding carboxylic acids is 1. The third-order valence-electron chi connectivity index (χ3n) is 2.09. The van der Waals surface area contributed by atoms with Crippen LogP contribution in [0.2, 0.25) is 0 Å². The lowest BCUT2D eigenvalue weighted by atomic mass is 10.2. The van der Waals surface area contributed by atoms with Gasteiger partial charge in [-0.1, -0.05) is 0 Å². The first-order valence-electron chi connectivity index (χ1n) is 4.76. The summed E-state index contributed by atoms with van der Waals surface area (Å²) in [6.45, 7) is 1.28. The summed E-state index contributed by atoms with van der Waals surface area (Å²) in [5, 5.41) is 9.27. The van der Waals surface area contributed by atoms with E-state index < -0.39 is 11.6 Å². The number of hydrogen-bond donors (Lipinski definition) is 0. The van der Waals surface area contributed by atoms with E-state index in [1.807, 2.05) is 0 Å². The van der Waals surface area contributed by atoms with Gasteiger partial charge in [-0.15, -0.1) is 0 Å². The number of ether oxygens (including phenoxy) is 1. The zero-order chi connectivity index (χ0) is 12.4. The standard InChI is InChI=1S/C12H7NO4/c1-7(14)16-10-3-2-8-4-9(6-13)12(15)17-11(8)5-10/h2-5H,1H3. The third-order valence-corrected chi connectivity index (χ3v) is 2.09. The summed E-state index contributed by atoms with van der Waals surface area (Å²) >= 11 is 0. The molecular formula is C12H7NO4. The topological polar surface area (TPSA) is 80.3 Å². The number of benzene rings is 1. The lowest BCUT2D eigenvalue weighted by molar-refractivity contribution is -0.131. The van der Waals surface area contributed by atoms with E-state index >= 15 is 0 Å². The highest BCUT2D eigenvalue weighted by molar-refractivity contribution is 5.80. The summed E-state index contributed by atoms with van der Waals surface area (Å²) in [7, 11) is 0. The maximum Gasteiger partial charge on any atom is 0.354 e. The highest BCUT2D eigenvalue weighted by Gasteiger charge is 2.06. The van der Waals surface area contributed by atoms with Gasteiger partial charge in [0.1, 0.15) is 23.0 Å². The second-order valence-corrected chi connectivity index (χ2v) is 3.35. The van der Waals surface area contributed by atoms with Gasteiger partial charge in [0.2, 0.25) is 0 Å². The van der Waals surface area contributed by atoms with Crippen LogP contribution in [0.4, 0.5) is 0 Å². The minimum atomic E-state index is -0.708. The van der Waals surface area contributed by atoms with Crippen LogP contribution in [-0.4, -0.2) is 5.97 Å². The van der Waals surface area contributed by atoms with Crippen LogP contribution in [-0.2, 0) is 4.79 Å². The van der Waals surface area contributed by atoms with Crippen molar-refractivity contribution < 1.29 is 13.9 Å². The normalized spacial score (nSPS) is 9.88. The van der Waals surface area contributed by atoms with Crippen LogP contribution in [0.3, 0.4) is 0 Å². The average Bonchev–Trinajstić information content (AvgIpc) is 2.27. The molecule has 1 aromatic carbocycles. The molecule has 0 N–H and O–H groups in total. The maximum atomic E-state index is 11.3. The summed E-state index contributed by atoms with van der Waals surface area (Å²) in [5.41, 5.74) is -0.495. The van der Waals surface area contributed by atoms with Crippen LogP contribution in [0.5, 0.6) is 5.75 Å². The molecule has 0 saturated heterocycles. The summed E-state index contributed by atoms with van der Waals surface area (Å²) in [4.78, 5) is 22.1. The van der Waals surface area contributed by atoms with Crippen LogP contribution >= 0.6 is 0 Å². The van der Waals surface area contributed by atoms with Gasteiger partial charge in [0.05, 0.1) is 0 Å². The van der Waals surface area contributed by atoms with E-state index in [1.54, 1.807) is 18.2 Å². The van der Waals surface area contributed by atoms with E-state index in [9.17, 15) is 9.59 Å². The number of carbonyl (C=O) groups is 1. The minimum absolute atomic E-state index is 0.0577. The Morgan fingerprint density at radius 3 is 2.82 bits per heavy atom. The molecule has 17 heavy (non-hydrogen) atoms. The predicted molar refractivity (Wildman–Crippen MR) is 58.5 cm³/mol. The lowest BCUT2D eigenvalue weighted by Gasteiger charge is -2.02. The molecule has 0 amide bonds. The van der Waals surface area contributed by atoms with Crippen molar-refractivity contribution in [1.29, 1.82) is 5.26 Å². The molecule has 2 rings (SSSR count). The van der Waals surface area contributed by atoms with Crippen molar-refractivity contribution in [3.8, 4) is 11.8 Å².